The third kappa shape index (κ3) is 5.32. The second-order valence-electron chi connectivity index (χ2n) is 7.18. The molecule has 30 heavy (non-hydrogen) atoms. The van der Waals surface area contributed by atoms with Gasteiger partial charge in [-0.3, -0.25) is 9.69 Å². The van der Waals surface area contributed by atoms with Crippen molar-refractivity contribution in [1.82, 2.24) is 15.0 Å². The molecule has 4 rings (SSSR count). The number of halogens is 3. The molecule has 3 aromatic rings. The highest BCUT2D eigenvalue weighted by molar-refractivity contribution is 14.1. The summed E-state index contributed by atoms with van der Waals surface area (Å²) in [6.07, 6.45) is 1.58. The number of rotatable bonds is 5. The number of aromatic nitrogens is 2. The van der Waals surface area contributed by atoms with Crippen LogP contribution in [-0.2, 0) is 11.3 Å². The molecule has 9 heteroatoms. The van der Waals surface area contributed by atoms with Crippen molar-refractivity contribution in [2.24, 2.45) is 5.92 Å². The van der Waals surface area contributed by atoms with Gasteiger partial charge in [-0.15, -0.1) is 0 Å². The van der Waals surface area contributed by atoms with Crippen LogP contribution in [0.3, 0.4) is 0 Å². The number of piperidine rings is 1. The number of nitrogens with zero attached hydrogens (tertiary/aromatic N) is 3. The van der Waals surface area contributed by atoms with Crippen LogP contribution in [0.4, 0.5) is 5.69 Å². The first-order valence-corrected chi connectivity index (χ1v) is 11.4. The highest BCUT2D eigenvalue weighted by Crippen LogP contribution is 2.29. The lowest BCUT2D eigenvalue weighted by molar-refractivity contribution is -0.121. The molecule has 1 aromatic heterocycles. The van der Waals surface area contributed by atoms with Gasteiger partial charge in [-0.05, 0) is 91.0 Å². The molecule has 6 nitrogen and oxygen atoms in total. The quantitative estimate of drug-likeness (QED) is 0.420. The van der Waals surface area contributed by atoms with Gasteiger partial charge in [0.2, 0.25) is 17.6 Å². The first-order chi connectivity index (χ1) is 14.5. The summed E-state index contributed by atoms with van der Waals surface area (Å²) in [6, 6.07) is 13.0. The predicted octanol–water partition coefficient (Wildman–Crippen LogP) is 5.50. The standard InChI is InChI=1S/C21H19Cl2IN4O2/c22-14-1-6-17(18(23)11-14)20-26-19(30-27-20)12-28-9-7-13(8-10-28)21(29)25-16-4-2-15(24)3-5-16/h1-6,11,13H,7-10,12H2,(H,25,29). The lowest BCUT2D eigenvalue weighted by Crippen LogP contribution is -2.37. The molecule has 2 heterocycles. The van der Waals surface area contributed by atoms with Crippen LogP contribution in [0.15, 0.2) is 47.0 Å². The summed E-state index contributed by atoms with van der Waals surface area (Å²) >= 11 is 14.4. The summed E-state index contributed by atoms with van der Waals surface area (Å²) in [6.45, 7) is 2.14. The zero-order chi connectivity index (χ0) is 21.1. The van der Waals surface area contributed by atoms with Crippen LogP contribution in [0, 0.1) is 9.49 Å². The van der Waals surface area contributed by atoms with Crippen molar-refractivity contribution < 1.29 is 9.32 Å². The van der Waals surface area contributed by atoms with Crippen molar-refractivity contribution in [2.75, 3.05) is 18.4 Å². The molecule has 1 saturated heterocycles. The Morgan fingerprint density at radius 3 is 2.60 bits per heavy atom. The van der Waals surface area contributed by atoms with E-state index >= 15 is 0 Å². The molecule has 0 aliphatic carbocycles. The first-order valence-electron chi connectivity index (χ1n) is 9.55. The number of hydrogen-bond donors (Lipinski definition) is 1. The maximum absolute atomic E-state index is 12.5. The highest BCUT2D eigenvalue weighted by atomic mass is 127. The number of likely N-dealkylation sites (tertiary alicyclic amines) is 1. The van der Waals surface area contributed by atoms with Crippen LogP contribution >= 0.6 is 45.8 Å². The lowest BCUT2D eigenvalue weighted by Gasteiger charge is -2.30. The van der Waals surface area contributed by atoms with Crippen LogP contribution < -0.4 is 5.32 Å². The molecule has 1 N–H and O–H groups in total. The summed E-state index contributed by atoms with van der Waals surface area (Å²) in [5, 5.41) is 8.08. The Bertz CT molecular complexity index is 1030. The molecule has 1 amide bonds. The Balaban J connectivity index is 1.30. The smallest absolute Gasteiger partial charge is 0.241 e. The van der Waals surface area contributed by atoms with E-state index in [1.807, 2.05) is 24.3 Å². The molecule has 0 radical (unpaired) electrons. The molecular formula is C21H19Cl2IN4O2. The summed E-state index contributed by atoms with van der Waals surface area (Å²) < 4.78 is 6.54. The molecule has 1 aliphatic heterocycles. The zero-order valence-electron chi connectivity index (χ0n) is 15.9. The fourth-order valence-electron chi connectivity index (χ4n) is 3.42. The normalized spacial score (nSPS) is 15.3. The summed E-state index contributed by atoms with van der Waals surface area (Å²) in [4.78, 5) is 19.2. The van der Waals surface area contributed by atoms with Crippen molar-refractivity contribution in [3.8, 4) is 11.4 Å². The first kappa shape index (κ1) is 21.5. The minimum Gasteiger partial charge on any atom is -0.338 e. The molecule has 0 unspecified atom stereocenters. The van der Waals surface area contributed by atoms with Gasteiger partial charge in [0.05, 0.1) is 11.6 Å². The number of anilines is 1. The van der Waals surface area contributed by atoms with Gasteiger partial charge in [0, 0.05) is 25.8 Å². The van der Waals surface area contributed by atoms with E-state index in [1.165, 1.54) is 0 Å². The SMILES string of the molecule is O=C(Nc1ccc(I)cc1)C1CCN(Cc2nc(-c3ccc(Cl)cc3Cl)no2)CC1. The Morgan fingerprint density at radius 1 is 1.17 bits per heavy atom. The fourth-order valence-corrected chi connectivity index (χ4v) is 4.27. The number of nitrogens with one attached hydrogen (secondary N) is 1. The van der Waals surface area contributed by atoms with Gasteiger partial charge in [0.25, 0.3) is 0 Å². The monoisotopic (exact) mass is 556 g/mol. The van der Waals surface area contributed by atoms with Crippen LogP contribution in [0.1, 0.15) is 18.7 Å². The third-order valence-electron chi connectivity index (χ3n) is 5.07. The van der Waals surface area contributed by atoms with E-state index in [0.717, 1.165) is 35.2 Å². The van der Waals surface area contributed by atoms with E-state index in [2.05, 4.69) is 42.9 Å². The van der Waals surface area contributed by atoms with Crippen molar-refractivity contribution in [2.45, 2.75) is 19.4 Å². The van der Waals surface area contributed by atoms with E-state index in [4.69, 9.17) is 27.7 Å². The van der Waals surface area contributed by atoms with E-state index < -0.39 is 0 Å². The number of benzene rings is 2. The molecule has 2 aromatic carbocycles. The number of carbonyl (C=O) groups excluding carboxylic acids is 1. The van der Waals surface area contributed by atoms with E-state index in [1.54, 1.807) is 18.2 Å². The molecular weight excluding hydrogens is 538 g/mol. The summed E-state index contributed by atoms with van der Waals surface area (Å²) in [7, 11) is 0. The Labute approximate surface area is 198 Å². The number of carbonyl (C=O) groups is 1. The van der Waals surface area contributed by atoms with Crippen LogP contribution in [0.5, 0.6) is 0 Å². The molecule has 1 fully saturated rings. The van der Waals surface area contributed by atoms with Crippen molar-refractivity contribution in [3.63, 3.8) is 0 Å². The van der Waals surface area contributed by atoms with Gasteiger partial charge in [0.15, 0.2) is 0 Å². The molecule has 0 saturated carbocycles. The largest absolute Gasteiger partial charge is 0.338 e. The van der Waals surface area contributed by atoms with Crippen molar-refractivity contribution >= 4 is 57.4 Å². The summed E-state index contributed by atoms with van der Waals surface area (Å²) in [5.41, 5.74) is 1.52. The minimum atomic E-state index is 0.00616. The number of hydrogen-bond acceptors (Lipinski definition) is 5. The second-order valence-corrected chi connectivity index (χ2v) is 9.27. The number of amides is 1. The Hall–Kier alpha value is -1.68. The predicted molar refractivity (Wildman–Crippen MR) is 126 cm³/mol. The van der Waals surface area contributed by atoms with Gasteiger partial charge < -0.3 is 9.84 Å². The van der Waals surface area contributed by atoms with Crippen molar-refractivity contribution in [1.29, 1.82) is 0 Å². The van der Waals surface area contributed by atoms with Crippen LogP contribution in [-0.4, -0.2) is 34.0 Å². The average molecular weight is 557 g/mol. The molecule has 0 atom stereocenters. The zero-order valence-corrected chi connectivity index (χ0v) is 19.6. The van der Waals surface area contributed by atoms with Crippen molar-refractivity contribution in [3.05, 3.63) is 62.0 Å². The van der Waals surface area contributed by atoms with Crippen LogP contribution in [0.2, 0.25) is 10.0 Å². The molecule has 0 spiro atoms. The van der Waals surface area contributed by atoms with E-state index in [-0.39, 0.29) is 11.8 Å². The van der Waals surface area contributed by atoms with Gasteiger partial charge in [-0.25, -0.2) is 0 Å². The van der Waals surface area contributed by atoms with E-state index in [0.29, 0.717) is 33.9 Å². The van der Waals surface area contributed by atoms with Gasteiger partial charge in [0.1, 0.15) is 0 Å². The summed E-state index contributed by atoms with van der Waals surface area (Å²) in [5.74, 6) is 1.05. The maximum atomic E-state index is 12.5. The maximum Gasteiger partial charge on any atom is 0.241 e. The fraction of sp³-hybridized carbons (Fsp3) is 0.286. The lowest BCUT2D eigenvalue weighted by atomic mass is 9.96. The van der Waals surface area contributed by atoms with Gasteiger partial charge in [-0.1, -0.05) is 28.4 Å². The second kappa shape index (κ2) is 9.64. The molecule has 0 bridgehead atoms. The average Bonchev–Trinajstić information content (AvgIpc) is 3.18. The van der Waals surface area contributed by atoms with E-state index in [9.17, 15) is 4.79 Å². The molecule has 156 valence electrons. The topological polar surface area (TPSA) is 71.3 Å². The highest BCUT2D eigenvalue weighted by Gasteiger charge is 2.26. The Kier molecular flexibility index (Phi) is 6.92. The minimum absolute atomic E-state index is 0.00616. The molecule has 1 aliphatic rings. The van der Waals surface area contributed by atoms with Crippen LogP contribution in [0.25, 0.3) is 11.4 Å². The Morgan fingerprint density at radius 2 is 1.90 bits per heavy atom. The van der Waals surface area contributed by atoms with Gasteiger partial charge in [-0.2, -0.15) is 4.98 Å². The third-order valence-corrected chi connectivity index (χ3v) is 6.34. The van der Waals surface area contributed by atoms with Gasteiger partial charge >= 0.3 is 0 Å².